The fourth-order valence-corrected chi connectivity index (χ4v) is 2.62. The Hall–Kier alpha value is -3.88. The normalized spacial score (nSPS) is 11.3. The summed E-state index contributed by atoms with van der Waals surface area (Å²) < 4.78 is 10.2. The van der Waals surface area contributed by atoms with Gasteiger partial charge >= 0.3 is 12.0 Å². The van der Waals surface area contributed by atoms with Crippen LogP contribution in [0.5, 0.6) is 5.75 Å². The minimum Gasteiger partial charge on any atom is -0.482 e. The number of urea groups is 1. The molecule has 2 amide bonds. The Kier molecular flexibility index (Phi) is 6.77. The summed E-state index contributed by atoms with van der Waals surface area (Å²) in [6.45, 7) is 1.81. The highest BCUT2D eigenvalue weighted by atomic mass is 16.6. The minimum atomic E-state index is -0.498. The zero-order valence-corrected chi connectivity index (χ0v) is 15.8. The van der Waals surface area contributed by atoms with E-state index in [2.05, 4.69) is 25.8 Å². The second-order valence-electron chi connectivity index (χ2n) is 5.93. The Morgan fingerprint density at radius 3 is 2.69 bits per heavy atom. The van der Waals surface area contributed by atoms with E-state index in [4.69, 9.17) is 9.47 Å². The lowest BCUT2D eigenvalue weighted by Crippen LogP contribution is -2.33. The summed E-state index contributed by atoms with van der Waals surface area (Å²) in [5, 5.41) is 12.3. The van der Waals surface area contributed by atoms with Gasteiger partial charge in [0.1, 0.15) is 18.1 Å². The molecular weight excluding hydrogens is 374 g/mol. The Morgan fingerprint density at radius 2 is 1.97 bits per heavy atom. The zero-order chi connectivity index (χ0) is 20.5. The molecule has 0 aliphatic rings. The van der Waals surface area contributed by atoms with Crippen molar-refractivity contribution in [2.45, 2.75) is 13.0 Å². The predicted molar refractivity (Wildman–Crippen MR) is 105 cm³/mol. The molecule has 3 N–H and O–H groups in total. The summed E-state index contributed by atoms with van der Waals surface area (Å²) in [5.41, 5.74) is 1.36. The number of aromatic nitrogens is 3. The smallest absolute Gasteiger partial charge is 0.344 e. The number of ether oxygens (including phenoxy) is 2. The number of hydrogen-bond donors (Lipinski definition) is 3. The largest absolute Gasteiger partial charge is 0.482 e. The van der Waals surface area contributed by atoms with Crippen LogP contribution >= 0.6 is 0 Å². The molecule has 0 aliphatic carbocycles. The number of esters is 1. The minimum absolute atomic E-state index is 0.203. The number of anilines is 1. The maximum Gasteiger partial charge on any atom is 0.344 e. The third-order valence-electron chi connectivity index (χ3n) is 3.87. The number of H-pyrrole nitrogens is 1. The third-order valence-corrected chi connectivity index (χ3v) is 3.87. The van der Waals surface area contributed by atoms with Crippen LogP contribution < -0.4 is 15.4 Å². The Bertz CT molecular complexity index is 931. The highest BCUT2D eigenvalue weighted by Gasteiger charge is 2.19. The highest BCUT2D eigenvalue weighted by molar-refractivity contribution is 5.90. The van der Waals surface area contributed by atoms with E-state index < -0.39 is 18.0 Å². The zero-order valence-electron chi connectivity index (χ0n) is 15.8. The molecule has 29 heavy (non-hydrogen) atoms. The van der Waals surface area contributed by atoms with E-state index in [0.717, 1.165) is 5.56 Å². The van der Waals surface area contributed by atoms with Crippen LogP contribution in [0.4, 0.5) is 10.5 Å². The molecule has 0 aliphatic heterocycles. The summed E-state index contributed by atoms with van der Waals surface area (Å²) in [4.78, 5) is 28.1. The molecule has 1 aromatic heterocycles. The molecular formula is C20H21N5O4. The fraction of sp³-hybridized carbons (Fsp3) is 0.200. The first-order valence-corrected chi connectivity index (χ1v) is 9.02. The van der Waals surface area contributed by atoms with Crippen molar-refractivity contribution in [2.75, 3.05) is 18.5 Å². The van der Waals surface area contributed by atoms with Crippen molar-refractivity contribution >= 4 is 17.7 Å². The van der Waals surface area contributed by atoms with Crippen LogP contribution in [0.15, 0.2) is 60.9 Å². The van der Waals surface area contributed by atoms with E-state index in [1.54, 1.807) is 31.2 Å². The summed E-state index contributed by atoms with van der Waals surface area (Å²) in [6, 6.07) is 15.2. The third kappa shape index (κ3) is 5.80. The van der Waals surface area contributed by atoms with Gasteiger partial charge in [0.2, 0.25) is 0 Å². The summed E-state index contributed by atoms with van der Waals surface area (Å²) in [5.74, 6) is 0.491. The van der Waals surface area contributed by atoms with Gasteiger partial charge in [-0.15, -0.1) is 0 Å². The lowest BCUT2D eigenvalue weighted by atomic mass is 10.1. The van der Waals surface area contributed by atoms with E-state index in [-0.39, 0.29) is 13.2 Å². The van der Waals surface area contributed by atoms with Gasteiger partial charge in [0.25, 0.3) is 0 Å². The van der Waals surface area contributed by atoms with E-state index in [1.165, 1.54) is 6.33 Å². The number of benzene rings is 2. The van der Waals surface area contributed by atoms with Crippen LogP contribution in [0.25, 0.3) is 0 Å². The molecule has 9 heteroatoms. The Balaban J connectivity index is 1.65. The quantitative estimate of drug-likeness (QED) is 0.505. The average Bonchev–Trinajstić information content (AvgIpc) is 3.26. The van der Waals surface area contributed by atoms with E-state index >= 15 is 0 Å². The number of hydrogen-bond acceptors (Lipinski definition) is 6. The van der Waals surface area contributed by atoms with Crippen molar-refractivity contribution in [3.8, 4) is 5.75 Å². The number of rotatable bonds is 8. The molecule has 1 heterocycles. The van der Waals surface area contributed by atoms with E-state index in [1.807, 2.05) is 30.3 Å². The summed E-state index contributed by atoms with van der Waals surface area (Å²) >= 11 is 0. The van der Waals surface area contributed by atoms with Gasteiger partial charge in [0.05, 0.1) is 6.61 Å². The van der Waals surface area contributed by atoms with Gasteiger partial charge in [0, 0.05) is 11.8 Å². The van der Waals surface area contributed by atoms with Crippen molar-refractivity contribution in [1.82, 2.24) is 20.5 Å². The molecule has 0 spiro atoms. The number of amides is 2. The molecule has 0 bridgehead atoms. The van der Waals surface area contributed by atoms with Gasteiger partial charge < -0.3 is 20.1 Å². The van der Waals surface area contributed by atoms with Gasteiger partial charge in [-0.1, -0.05) is 36.4 Å². The van der Waals surface area contributed by atoms with E-state index in [9.17, 15) is 9.59 Å². The molecule has 150 valence electrons. The number of nitrogens with zero attached hydrogens (tertiary/aromatic N) is 2. The van der Waals surface area contributed by atoms with Gasteiger partial charge in [-0.05, 0) is 24.6 Å². The van der Waals surface area contributed by atoms with Crippen molar-refractivity contribution in [3.05, 3.63) is 72.3 Å². The first-order valence-electron chi connectivity index (χ1n) is 9.02. The van der Waals surface area contributed by atoms with Gasteiger partial charge in [-0.2, -0.15) is 5.10 Å². The van der Waals surface area contributed by atoms with Gasteiger partial charge in [-0.3, -0.25) is 5.10 Å². The second-order valence-corrected chi connectivity index (χ2v) is 5.93. The molecule has 0 radical (unpaired) electrons. The lowest BCUT2D eigenvalue weighted by molar-refractivity contribution is -0.145. The maximum atomic E-state index is 12.6. The van der Waals surface area contributed by atoms with Crippen molar-refractivity contribution in [2.24, 2.45) is 0 Å². The van der Waals surface area contributed by atoms with Crippen molar-refractivity contribution in [3.63, 3.8) is 0 Å². The van der Waals surface area contributed by atoms with Gasteiger partial charge in [-0.25, -0.2) is 14.6 Å². The van der Waals surface area contributed by atoms with E-state index in [0.29, 0.717) is 17.3 Å². The van der Waals surface area contributed by atoms with Crippen LogP contribution in [0.1, 0.15) is 24.4 Å². The molecule has 9 nitrogen and oxygen atoms in total. The van der Waals surface area contributed by atoms with Gasteiger partial charge in [0.15, 0.2) is 12.4 Å². The fourth-order valence-electron chi connectivity index (χ4n) is 2.62. The Labute approximate surface area is 167 Å². The number of carbonyl (C=O) groups excluding carboxylic acids is 2. The predicted octanol–water partition coefficient (Wildman–Crippen LogP) is 2.66. The highest BCUT2D eigenvalue weighted by Crippen LogP contribution is 2.20. The lowest BCUT2D eigenvalue weighted by Gasteiger charge is -2.17. The number of aromatic amines is 1. The molecule has 3 rings (SSSR count). The van der Waals surface area contributed by atoms with Crippen LogP contribution in [0.3, 0.4) is 0 Å². The molecule has 1 unspecified atom stereocenters. The van der Waals surface area contributed by atoms with Crippen molar-refractivity contribution < 1.29 is 19.1 Å². The molecule has 0 saturated carbocycles. The SMILES string of the molecule is CCOC(=O)COc1cccc(NC(=O)NC(c2ccccc2)c2ncn[nH]2)c1. The van der Waals surface area contributed by atoms with Crippen LogP contribution in [-0.2, 0) is 9.53 Å². The first-order chi connectivity index (χ1) is 14.2. The topological polar surface area (TPSA) is 118 Å². The van der Waals surface area contributed by atoms with Crippen LogP contribution in [0, 0.1) is 0 Å². The summed E-state index contributed by atoms with van der Waals surface area (Å²) in [6.07, 6.45) is 1.38. The monoisotopic (exact) mass is 395 g/mol. The molecule has 1 atom stereocenters. The number of nitrogens with one attached hydrogen (secondary N) is 3. The molecule has 0 fully saturated rings. The average molecular weight is 395 g/mol. The second kappa shape index (κ2) is 9.88. The standard InChI is InChI=1S/C20H21N5O4/c1-2-28-17(26)12-29-16-10-6-9-15(11-16)23-20(27)24-18(19-21-13-22-25-19)14-7-4-3-5-8-14/h3-11,13,18H,2,12H2,1H3,(H,21,22,25)(H2,23,24,27). The summed E-state index contributed by atoms with van der Waals surface area (Å²) in [7, 11) is 0. The number of carbonyl (C=O) groups is 2. The van der Waals surface area contributed by atoms with Crippen LogP contribution in [-0.4, -0.2) is 40.4 Å². The Morgan fingerprint density at radius 1 is 1.14 bits per heavy atom. The van der Waals surface area contributed by atoms with Crippen molar-refractivity contribution in [1.29, 1.82) is 0 Å². The maximum absolute atomic E-state index is 12.6. The first kappa shape index (κ1) is 19.9. The molecule has 2 aromatic carbocycles. The molecule has 0 saturated heterocycles. The van der Waals surface area contributed by atoms with Crippen LogP contribution in [0.2, 0.25) is 0 Å². The molecule has 3 aromatic rings.